The Bertz CT molecular complexity index is 757. The summed E-state index contributed by atoms with van der Waals surface area (Å²) in [6, 6.07) is 8.16. The van der Waals surface area contributed by atoms with Crippen LogP contribution in [0.2, 0.25) is 0 Å². The second-order valence-corrected chi connectivity index (χ2v) is 5.85. The Morgan fingerprint density at radius 2 is 2.05 bits per heavy atom. The Balaban J connectivity index is 2.16. The molecule has 0 aliphatic rings. The highest BCUT2D eigenvalue weighted by Crippen LogP contribution is 2.30. The molecule has 0 aliphatic heterocycles. The van der Waals surface area contributed by atoms with Crippen molar-refractivity contribution < 1.29 is 0 Å². The van der Waals surface area contributed by atoms with E-state index in [0.717, 1.165) is 33.3 Å². The van der Waals surface area contributed by atoms with Crippen LogP contribution in [-0.2, 0) is 7.05 Å². The van der Waals surface area contributed by atoms with Gasteiger partial charge in [0.05, 0.1) is 4.88 Å². The van der Waals surface area contributed by atoms with Crippen LogP contribution in [0.1, 0.15) is 11.1 Å². The SMILES string of the molecule is Cc1cc(C)c(N)c(-c2nc(-c3cccs3)nn2C)c1. The van der Waals surface area contributed by atoms with Gasteiger partial charge in [-0.1, -0.05) is 12.1 Å². The Kier molecular flexibility index (Phi) is 3.06. The van der Waals surface area contributed by atoms with Gasteiger partial charge in [0.1, 0.15) is 0 Å². The number of thiophene rings is 1. The van der Waals surface area contributed by atoms with Crippen LogP contribution in [0.15, 0.2) is 29.6 Å². The van der Waals surface area contributed by atoms with Gasteiger partial charge in [0.15, 0.2) is 11.6 Å². The normalized spacial score (nSPS) is 10.9. The highest BCUT2D eigenvalue weighted by molar-refractivity contribution is 7.13. The number of nitrogens with zero attached hydrogens (tertiary/aromatic N) is 3. The molecule has 5 heteroatoms. The van der Waals surface area contributed by atoms with Crippen LogP contribution in [0.3, 0.4) is 0 Å². The molecule has 0 amide bonds. The zero-order valence-corrected chi connectivity index (χ0v) is 12.5. The van der Waals surface area contributed by atoms with Crippen LogP contribution in [0.25, 0.3) is 22.1 Å². The molecule has 0 saturated carbocycles. The van der Waals surface area contributed by atoms with Gasteiger partial charge in [-0.05, 0) is 42.5 Å². The maximum absolute atomic E-state index is 6.20. The van der Waals surface area contributed by atoms with Crippen molar-refractivity contribution in [1.82, 2.24) is 14.8 Å². The monoisotopic (exact) mass is 284 g/mol. The first-order chi connectivity index (χ1) is 9.56. The number of hydrogen-bond donors (Lipinski definition) is 1. The molecule has 2 heterocycles. The summed E-state index contributed by atoms with van der Waals surface area (Å²) in [7, 11) is 1.90. The van der Waals surface area contributed by atoms with Gasteiger partial charge in [-0.3, -0.25) is 0 Å². The second-order valence-electron chi connectivity index (χ2n) is 4.90. The van der Waals surface area contributed by atoms with Crippen LogP contribution in [-0.4, -0.2) is 14.8 Å². The minimum Gasteiger partial charge on any atom is -0.398 e. The third-order valence-corrected chi connectivity index (χ3v) is 4.14. The number of aryl methyl sites for hydroxylation is 3. The topological polar surface area (TPSA) is 56.7 Å². The third-order valence-electron chi connectivity index (χ3n) is 3.28. The zero-order chi connectivity index (χ0) is 14.3. The predicted octanol–water partition coefficient (Wildman–Crippen LogP) is 3.41. The number of hydrogen-bond acceptors (Lipinski definition) is 4. The van der Waals surface area contributed by atoms with Crippen molar-refractivity contribution in [2.45, 2.75) is 13.8 Å². The molecule has 0 spiro atoms. The third kappa shape index (κ3) is 2.10. The van der Waals surface area contributed by atoms with Crippen molar-refractivity contribution in [3.05, 3.63) is 40.8 Å². The number of rotatable bonds is 2. The minimum atomic E-state index is 0.746. The first-order valence-corrected chi connectivity index (χ1v) is 7.26. The van der Waals surface area contributed by atoms with Crippen LogP contribution in [0.4, 0.5) is 5.69 Å². The lowest BCUT2D eigenvalue weighted by molar-refractivity contribution is 0.778. The van der Waals surface area contributed by atoms with E-state index < -0.39 is 0 Å². The zero-order valence-electron chi connectivity index (χ0n) is 11.7. The summed E-state index contributed by atoms with van der Waals surface area (Å²) in [6.45, 7) is 4.08. The van der Waals surface area contributed by atoms with Gasteiger partial charge in [0.2, 0.25) is 0 Å². The van der Waals surface area contributed by atoms with Crippen molar-refractivity contribution in [2.75, 3.05) is 5.73 Å². The summed E-state index contributed by atoms with van der Waals surface area (Å²) >= 11 is 1.63. The van der Waals surface area contributed by atoms with Crippen molar-refractivity contribution in [3.8, 4) is 22.1 Å². The predicted molar refractivity (Wildman–Crippen MR) is 83.6 cm³/mol. The number of nitrogen functional groups attached to an aromatic ring is 1. The van der Waals surface area contributed by atoms with Crippen LogP contribution < -0.4 is 5.73 Å². The molecule has 0 atom stereocenters. The fraction of sp³-hybridized carbons (Fsp3) is 0.200. The highest BCUT2D eigenvalue weighted by atomic mass is 32.1. The van der Waals surface area contributed by atoms with E-state index >= 15 is 0 Å². The fourth-order valence-electron chi connectivity index (χ4n) is 2.29. The Hall–Kier alpha value is -2.14. The van der Waals surface area contributed by atoms with Gasteiger partial charge in [-0.15, -0.1) is 16.4 Å². The van der Waals surface area contributed by atoms with Crippen molar-refractivity contribution in [1.29, 1.82) is 0 Å². The van der Waals surface area contributed by atoms with E-state index in [0.29, 0.717) is 0 Å². The average Bonchev–Trinajstić information content (AvgIpc) is 3.02. The van der Waals surface area contributed by atoms with Gasteiger partial charge in [-0.2, -0.15) is 0 Å². The Labute approximate surface area is 121 Å². The lowest BCUT2D eigenvalue weighted by Gasteiger charge is -2.09. The molecule has 0 fully saturated rings. The lowest BCUT2D eigenvalue weighted by Crippen LogP contribution is -2.00. The molecule has 20 heavy (non-hydrogen) atoms. The molecule has 4 nitrogen and oxygen atoms in total. The fourth-order valence-corrected chi connectivity index (χ4v) is 2.95. The number of anilines is 1. The van der Waals surface area contributed by atoms with Crippen LogP contribution >= 0.6 is 11.3 Å². The van der Waals surface area contributed by atoms with Crippen molar-refractivity contribution in [2.24, 2.45) is 7.05 Å². The van der Waals surface area contributed by atoms with Crippen molar-refractivity contribution >= 4 is 17.0 Å². The Morgan fingerprint density at radius 3 is 2.75 bits per heavy atom. The quantitative estimate of drug-likeness (QED) is 0.734. The summed E-state index contributed by atoms with van der Waals surface area (Å²) in [4.78, 5) is 5.71. The van der Waals surface area contributed by atoms with E-state index in [-0.39, 0.29) is 0 Å². The van der Waals surface area contributed by atoms with E-state index in [1.54, 1.807) is 16.0 Å². The smallest absolute Gasteiger partial charge is 0.191 e. The van der Waals surface area contributed by atoms with Crippen molar-refractivity contribution in [3.63, 3.8) is 0 Å². The molecule has 2 aromatic heterocycles. The minimum absolute atomic E-state index is 0.746. The molecule has 1 aromatic carbocycles. The summed E-state index contributed by atoms with van der Waals surface area (Å²) < 4.78 is 1.79. The van der Waals surface area contributed by atoms with E-state index in [1.165, 1.54) is 5.56 Å². The summed E-state index contributed by atoms with van der Waals surface area (Å²) in [5, 5.41) is 6.51. The summed E-state index contributed by atoms with van der Waals surface area (Å²) in [5.41, 5.74) is 10.2. The number of aromatic nitrogens is 3. The maximum atomic E-state index is 6.20. The summed E-state index contributed by atoms with van der Waals surface area (Å²) in [5.74, 6) is 1.55. The van der Waals surface area contributed by atoms with Gasteiger partial charge >= 0.3 is 0 Å². The molecule has 0 bridgehead atoms. The van der Waals surface area contributed by atoms with E-state index in [4.69, 9.17) is 5.73 Å². The lowest BCUT2D eigenvalue weighted by atomic mass is 10.0. The molecule has 3 aromatic rings. The standard InChI is InChI=1S/C15H16N4S/c1-9-7-10(2)13(16)11(8-9)15-17-14(18-19(15)3)12-5-4-6-20-12/h4-8H,16H2,1-3H3. The van der Waals surface area contributed by atoms with Crippen LogP contribution in [0.5, 0.6) is 0 Å². The number of nitrogens with two attached hydrogens (primary N) is 1. The van der Waals surface area contributed by atoms with Crippen LogP contribution in [0, 0.1) is 13.8 Å². The van der Waals surface area contributed by atoms with Gasteiger partial charge < -0.3 is 5.73 Å². The van der Waals surface area contributed by atoms with Gasteiger partial charge in [0.25, 0.3) is 0 Å². The molecular weight excluding hydrogens is 268 g/mol. The Morgan fingerprint density at radius 1 is 1.25 bits per heavy atom. The molecule has 0 saturated heterocycles. The molecule has 102 valence electrons. The average molecular weight is 284 g/mol. The summed E-state index contributed by atoms with van der Waals surface area (Å²) in [6.07, 6.45) is 0. The molecule has 2 N–H and O–H groups in total. The van der Waals surface area contributed by atoms with E-state index in [9.17, 15) is 0 Å². The molecular formula is C15H16N4S. The first-order valence-electron chi connectivity index (χ1n) is 6.38. The molecule has 3 rings (SSSR count). The number of benzene rings is 1. The van der Waals surface area contributed by atoms with Gasteiger partial charge in [0, 0.05) is 18.3 Å². The molecule has 0 unspecified atom stereocenters. The highest BCUT2D eigenvalue weighted by Gasteiger charge is 2.15. The van der Waals surface area contributed by atoms with E-state index in [2.05, 4.69) is 29.1 Å². The first kappa shape index (κ1) is 12.9. The van der Waals surface area contributed by atoms with E-state index in [1.807, 2.05) is 31.5 Å². The second kappa shape index (κ2) is 4.76. The molecule has 0 radical (unpaired) electrons. The molecule has 0 aliphatic carbocycles. The largest absolute Gasteiger partial charge is 0.398 e. The van der Waals surface area contributed by atoms with Gasteiger partial charge in [-0.25, -0.2) is 9.67 Å². The maximum Gasteiger partial charge on any atom is 0.191 e.